The summed E-state index contributed by atoms with van der Waals surface area (Å²) in [4.78, 5) is 22.9. The zero-order valence-corrected chi connectivity index (χ0v) is 11.5. The van der Waals surface area contributed by atoms with E-state index in [0.717, 1.165) is 18.4 Å². The first-order valence-corrected chi connectivity index (χ1v) is 6.53. The molecule has 0 heterocycles. The Morgan fingerprint density at radius 3 is 2.47 bits per heavy atom. The molecule has 104 valence electrons. The van der Waals surface area contributed by atoms with Gasteiger partial charge >= 0.3 is 0 Å². The first kappa shape index (κ1) is 15.2. The van der Waals surface area contributed by atoms with Gasteiger partial charge in [0.15, 0.2) is 0 Å². The van der Waals surface area contributed by atoms with Crippen LogP contribution in [0.15, 0.2) is 18.2 Å². The van der Waals surface area contributed by atoms with Crippen molar-refractivity contribution in [3.8, 4) is 0 Å². The Labute approximate surface area is 113 Å². The first-order valence-electron chi connectivity index (χ1n) is 6.53. The summed E-state index contributed by atoms with van der Waals surface area (Å²) in [6.07, 6.45) is 2.08. The van der Waals surface area contributed by atoms with Gasteiger partial charge in [0.2, 0.25) is 11.8 Å². The highest BCUT2D eigenvalue weighted by Crippen LogP contribution is 2.21. The number of carbonyl (C=O) groups is 2. The molecule has 0 radical (unpaired) electrons. The molecule has 0 aliphatic carbocycles. The predicted molar refractivity (Wildman–Crippen MR) is 77.0 cm³/mol. The molecule has 0 aromatic heterocycles. The second-order valence-corrected chi connectivity index (χ2v) is 4.28. The van der Waals surface area contributed by atoms with Gasteiger partial charge in [-0.3, -0.25) is 9.59 Å². The van der Waals surface area contributed by atoms with Crippen LogP contribution in [-0.4, -0.2) is 18.4 Å². The molecule has 0 fully saturated rings. The van der Waals surface area contributed by atoms with Gasteiger partial charge in [-0.25, -0.2) is 0 Å². The van der Waals surface area contributed by atoms with Crippen molar-refractivity contribution in [1.82, 2.24) is 0 Å². The van der Waals surface area contributed by atoms with Gasteiger partial charge in [0.05, 0.1) is 6.54 Å². The molecule has 0 saturated carbocycles. The van der Waals surface area contributed by atoms with Gasteiger partial charge in [0.1, 0.15) is 0 Å². The van der Waals surface area contributed by atoms with E-state index in [1.807, 2.05) is 26.0 Å². The highest BCUT2D eigenvalue weighted by atomic mass is 16.2. The molecule has 19 heavy (non-hydrogen) atoms. The van der Waals surface area contributed by atoms with Crippen molar-refractivity contribution in [3.05, 3.63) is 23.8 Å². The van der Waals surface area contributed by atoms with Gasteiger partial charge in [-0.15, -0.1) is 0 Å². The third-order valence-electron chi connectivity index (χ3n) is 2.71. The molecule has 1 aromatic carbocycles. The molecular weight excluding hydrogens is 242 g/mol. The minimum atomic E-state index is -0.244. The molecule has 0 aliphatic rings. The zero-order valence-electron chi connectivity index (χ0n) is 11.5. The molecule has 0 bridgehead atoms. The van der Waals surface area contributed by atoms with E-state index >= 15 is 0 Å². The lowest BCUT2D eigenvalue weighted by Gasteiger charge is -2.12. The average molecular weight is 263 g/mol. The van der Waals surface area contributed by atoms with E-state index in [-0.39, 0.29) is 18.4 Å². The standard InChI is InChI=1S/C14H21N3O2/c1-3-5-13(18)16-11-7-6-10(4-2)12(8-11)17-14(19)9-15/h6-8H,3-5,9,15H2,1-2H3,(H,16,18)(H,17,19). The Kier molecular flexibility index (Phi) is 6.02. The number of hydrogen-bond acceptors (Lipinski definition) is 3. The van der Waals surface area contributed by atoms with E-state index in [0.29, 0.717) is 17.8 Å². The van der Waals surface area contributed by atoms with Crippen molar-refractivity contribution in [2.75, 3.05) is 17.2 Å². The highest BCUT2D eigenvalue weighted by Gasteiger charge is 2.07. The summed E-state index contributed by atoms with van der Waals surface area (Å²) in [5.41, 5.74) is 7.68. The van der Waals surface area contributed by atoms with Crippen LogP contribution in [0.2, 0.25) is 0 Å². The van der Waals surface area contributed by atoms with Gasteiger partial charge in [-0.05, 0) is 30.5 Å². The van der Waals surface area contributed by atoms with Gasteiger partial charge in [0, 0.05) is 17.8 Å². The summed E-state index contributed by atoms with van der Waals surface area (Å²) < 4.78 is 0. The third kappa shape index (κ3) is 4.71. The van der Waals surface area contributed by atoms with E-state index in [2.05, 4.69) is 10.6 Å². The lowest BCUT2D eigenvalue weighted by molar-refractivity contribution is -0.116. The highest BCUT2D eigenvalue weighted by molar-refractivity contribution is 5.95. The number of rotatable bonds is 6. The van der Waals surface area contributed by atoms with E-state index < -0.39 is 0 Å². The Balaban J connectivity index is 2.88. The summed E-state index contributed by atoms with van der Waals surface area (Å²) >= 11 is 0. The van der Waals surface area contributed by atoms with Crippen LogP contribution in [0.25, 0.3) is 0 Å². The average Bonchev–Trinajstić information content (AvgIpc) is 2.39. The van der Waals surface area contributed by atoms with E-state index in [1.165, 1.54) is 0 Å². The number of nitrogens with one attached hydrogen (secondary N) is 2. The number of anilines is 2. The maximum Gasteiger partial charge on any atom is 0.238 e. The van der Waals surface area contributed by atoms with Crippen molar-refractivity contribution in [3.63, 3.8) is 0 Å². The molecule has 0 saturated heterocycles. The molecule has 5 heteroatoms. The van der Waals surface area contributed by atoms with Crippen LogP contribution < -0.4 is 16.4 Å². The number of benzene rings is 1. The van der Waals surface area contributed by atoms with Crippen LogP contribution in [0.5, 0.6) is 0 Å². The fourth-order valence-corrected chi connectivity index (χ4v) is 1.73. The monoisotopic (exact) mass is 263 g/mol. The molecule has 0 spiro atoms. The quantitative estimate of drug-likeness (QED) is 0.732. The maximum absolute atomic E-state index is 11.5. The van der Waals surface area contributed by atoms with Crippen LogP contribution in [-0.2, 0) is 16.0 Å². The summed E-state index contributed by atoms with van der Waals surface area (Å²) in [6, 6.07) is 5.50. The molecule has 4 N–H and O–H groups in total. The Morgan fingerprint density at radius 1 is 1.16 bits per heavy atom. The summed E-state index contributed by atoms with van der Waals surface area (Å²) in [5, 5.41) is 5.55. The topological polar surface area (TPSA) is 84.2 Å². The molecule has 0 atom stereocenters. The maximum atomic E-state index is 11.5. The molecular formula is C14H21N3O2. The third-order valence-corrected chi connectivity index (χ3v) is 2.71. The van der Waals surface area contributed by atoms with E-state index in [9.17, 15) is 9.59 Å². The van der Waals surface area contributed by atoms with Crippen LogP contribution in [0, 0.1) is 0 Å². The Morgan fingerprint density at radius 2 is 1.89 bits per heavy atom. The fraction of sp³-hybridized carbons (Fsp3) is 0.429. The largest absolute Gasteiger partial charge is 0.326 e. The second kappa shape index (κ2) is 7.53. The van der Waals surface area contributed by atoms with E-state index in [1.54, 1.807) is 6.07 Å². The first-order chi connectivity index (χ1) is 9.10. The second-order valence-electron chi connectivity index (χ2n) is 4.28. The molecule has 5 nitrogen and oxygen atoms in total. The predicted octanol–water partition coefficient (Wildman–Crippen LogP) is 1.88. The zero-order chi connectivity index (χ0) is 14.3. The minimum absolute atomic E-state index is 0.0251. The lowest BCUT2D eigenvalue weighted by Crippen LogP contribution is -2.22. The van der Waals surface area contributed by atoms with Crippen LogP contribution in [0.1, 0.15) is 32.3 Å². The van der Waals surface area contributed by atoms with Crippen molar-refractivity contribution in [1.29, 1.82) is 0 Å². The normalized spacial score (nSPS) is 10.1. The summed E-state index contributed by atoms with van der Waals surface area (Å²) in [7, 11) is 0. The van der Waals surface area contributed by atoms with E-state index in [4.69, 9.17) is 5.73 Å². The van der Waals surface area contributed by atoms with Crippen LogP contribution >= 0.6 is 0 Å². The Hall–Kier alpha value is -1.88. The van der Waals surface area contributed by atoms with Gasteiger partial charge in [-0.2, -0.15) is 0 Å². The number of hydrogen-bond donors (Lipinski definition) is 3. The molecule has 1 rings (SSSR count). The minimum Gasteiger partial charge on any atom is -0.326 e. The van der Waals surface area contributed by atoms with Crippen molar-refractivity contribution < 1.29 is 9.59 Å². The number of amides is 2. The molecule has 0 aliphatic heterocycles. The summed E-state index contributed by atoms with van der Waals surface area (Å²) in [5.74, 6) is -0.269. The summed E-state index contributed by atoms with van der Waals surface area (Å²) in [6.45, 7) is 3.89. The van der Waals surface area contributed by atoms with Crippen molar-refractivity contribution in [2.24, 2.45) is 5.73 Å². The smallest absolute Gasteiger partial charge is 0.238 e. The number of aryl methyl sites for hydroxylation is 1. The number of carbonyl (C=O) groups excluding carboxylic acids is 2. The lowest BCUT2D eigenvalue weighted by atomic mass is 10.1. The fourth-order valence-electron chi connectivity index (χ4n) is 1.73. The van der Waals surface area contributed by atoms with Crippen LogP contribution in [0.3, 0.4) is 0 Å². The van der Waals surface area contributed by atoms with Gasteiger partial charge < -0.3 is 16.4 Å². The van der Waals surface area contributed by atoms with Gasteiger partial charge in [-0.1, -0.05) is 19.9 Å². The Bertz CT molecular complexity index is 458. The van der Waals surface area contributed by atoms with Crippen molar-refractivity contribution in [2.45, 2.75) is 33.1 Å². The van der Waals surface area contributed by atoms with Crippen LogP contribution in [0.4, 0.5) is 11.4 Å². The molecule has 0 unspecified atom stereocenters. The van der Waals surface area contributed by atoms with Crippen molar-refractivity contribution >= 4 is 23.2 Å². The number of nitrogens with two attached hydrogens (primary N) is 1. The SMILES string of the molecule is CCCC(=O)Nc1ccc(CC)c(NC(=O)CN)c1. The molecule has 1 aromatic rings. The van der Waals surface area contributed by atoms with Gasteiger partial charge in [0.25, 0.3) is 0 Å². The molecule has 2 amide bonds.